The molecule has 0 aliphatic carbocycles. The molecule has 0 bridgehead atoms. The molecule has 0 radical (unpaired) electrons. The number of aromatic nitrogens is 4. The number of rotatable bonds is 4. The zero-order valence-corrected chi connectivity index (χ0v) is 14.2. The molecule has 0 saturated heterocycles. The van der Waals surface area contributed by atoms with Crippen molar-refractivity contribution >= 4 is 45.8 Å². The van der Waals surface area contributed by atoms with Crippen LogP contribution in [0.1, 0.15) is 0 Å². The van der Waals surface area contributed by atoms with Gasteiger partial charge in [0.1, 0.15) is 5.82 Å². The number of hydrogen-bond acceptors (Lipinski definition) is 5. The van der Waals surface area contributed by atoms with Gasteiger partial charge in [0.05, 0.1) is 11.6 Å². The van der Waals surface area contributed by atoms with Crippen LogP contribution in [0.15, 0.2) is 60.8 Å². The van der Waals surface area contributed by atoms with Gasteiger partial charge in [-0.3, -0.25) is 4.68 Å². The lowest BCUT2D eigenvalue weighted by atomic mass is 10.3. The Morgan fingerprint density at radius 3 is 2.36 bits per heavy atom. The monoisotopic (exact) mass is 350 g/mol. The molecule has 2 aromatic carbocycles. The van der Waals surface area contributed by atoms with Gasteiger partial charge >= 0.3 is 0 Å². The minimum Gasteiger partial charge on any atom is -0.339 e. The van der Waals surface area contributed by atoms with Crippen molar-refractivity contribution in [3.05, 3.63) is 65.8 Å². The van der Waals surface area contributed by atoms with Crippen LogP contribution >= 0.6 is 11.6 Å². The summed E-state index contributed by atoms with van der Waals surface area (Å²) in [5.74, 6) is 1.18. The molecule has 124 valence electrons. The summed E-state index contributed by atoms with van der Waals surface area (Å²) < 4.78 is 1.72. The van der Waals surface area contributed by atoms with Crippen LogP contribution in [0.2, 0.25) is 5.02 Å². The first-order chi connectivity index (χ1) is 12.2. The second kappa shape index (κ2) is 6.41. The summed E-state index contributed by atoms with van der Waals surface area (Å²) in [6, 6.07) is 17.3. The van der Waals surface area contributed by atoms with Crippen LogP contribution in [0, 0.1) is 0 Å². The topological polar surface area (TPSA) is 67.7 Å². The van der Waals surface area contributed by atoms with Gasteiger partial charge in [-0.25, -0.2) is 0 Å². The lowest BCUT2D eigenvalue weighted by Gasteiger charge is -2.10. The van der Waals surface area contributed by atoms with Crippen molar-refractivity contribution in [3.8, 4) is 0 Å². The Bertz CT molecular complexity index is 1010. The van der Waals surface area contributed by atoms with E-state index in [0.717, 1.165) is 22.4 Å². The Morgan fingerprint density at radius 2 is 1.60 bits per heavy atom. The van der Waals surface area contributed by atoms with Gasteiger partial charge in [0.15, 0.2) is 5.65 Å². The molecule has 6 nitrogen and oxygen atoms in total. The van der Waals surface area contributed by atoms with Gasteiger partial charge in [0, 0.05) is 23.4 Å². The summed E-state index contributed by atoms with van der Waals surface area (Å²) in [4.78, 5) is 9.17. The third-order valence-corrected chi connectivity index (χ3v) is 3.98. The maximum atomic E-state index is 5.95. The molecule has 0 amide bonds. The Morgan fingerprint density at radius 1 is 0.880 bits per heavy atom. The molecule has 2 N–H and O–H groups in total. The largest absolute Gasteiger partial charge is 0.339 e. The van der Waals surface area contributed by atoms with E-state index in [4.69, 9.17) is 11.6 Å². The highest BCUT2D eigenvalue weighted by molar-refractivity contribution is 6.30. The minimum absolute atomic E-state index is 0.499. The SMILES string of the molecule is Cn1ncc2c(Nc3ccc(Cl)cc3)nc(Nc3ccccc3)nc21. The molecule has 2 heterocycles. The lowest BCUT2D eigenvalue weighted by molar-refractivity contribution is 0.786. The van der Waals surface area contributed by atoms with Gasteiger partial charge < -0.3 is 10.6 Å². The summed E-state index contributed by atoms with van der Waals surface area (Å²) in [7, 11) is 1.85. The van der Waals surface area contributed by atoms with Crippen molar-refractivity contribution in [1.29, 1.82) is 0 Å². The Labute approximate surface area is 149 Å². The molecule has 0 atom stereocenters. The summed E-state index contributed by atoms with van der Waals surface area (Å²) in [6.07, 6.45) is 1.75. The molecule has 4 aromatic rings. The lowest BCUT2D eigenvalue weighted by Crippen LogP contribution is -2.03. The second-order valence-electron chi connectivity index (χ2n) is 5.52. The summed E-state index contributed by atoms with van der Waals surface area (Å²) in [5.41, 5.74) is 2.55. The van der Waals surface area contributed by atoms with Crippen molar-refractivity contribution < 1.29 is 0 Å². The maximum absolute atomic E-state index is 5.95. The molecule has 0 aliphatic heterocycles. The van der Waals surface area contributed by atoms with Crippen LogP contribution in [0.3, 0.4) is 0 Å². The van der Waals surface area contributed by atoms with Crippen LogP contribution < -0.4 is 10.6 Å². The third kappa shape index (κ3) is 3.25. The second-order valence-corrected chi connectivity index (χ2v) is 5.96. The summed E-state index contributed by atoms with van der Waals surface area (Å²) >= 11 is 5.95. The number of nitrogens with zero attached hydrogens (tertiary/aromatic N) is 4. The van der Waals surface area contributed by atoms with Crippen molar-refractivity contribution in [2.75, 3.05) is 10.6 Å². The smallest absolute Gasteiger partial charge is 0.231 e. The van der Waals surface area contributed by atoms with Gasteiger partial charge in [0.25, 0.3) is 0 Å². The van der Waals surface area contributed by atoms with Gasteiger partial charge in [-0.05, 0) is 36.4 Å². The fraction of sp³-hybridized carbons (Fsp3) is 0.0556. The van der Waals surface area contributed by atoms with Gasteiger partial charge in [-0.1, -0.05) is 29.8 Å². The fourth-order valence-corrected chi connectivity index (χ4v) is 2.62. The Balaban J connectivity index is 1.75. The van der Waals surface area contributed by atoms with E-state index in [2.05, 4.69) is 25.7 Å². The van der Waals surface area contributed by atoms with Crippen LogP contribution in [0.5, 0.6) is 0 Å². The number of benzene rings is 2. The van der Waals surface area contributed by atoms with E-state index in [1.165, 1.54) is 0 Å². The van der Waals surface area contributed by atoms with Gasteiger partial charge in [-0.15, -0.1) is 0 Å². The van der Waals surface area contributed by atoms with Crippen molar-refractivity contribution in [1.82, 2.24) is 19.7 Å². The average molecular weight is 351 g/mol. The Hall–Kier alpha value is -3.12. The number of para-hydroxylation sites is 1. The number of halogens is 1. The highest BCUT2D eigenvalue weighted by atomic mass is 35.5. The number of aryl methyl sites for hydroxylation is 1. The molecular formula is C18H15ClN6. The highest BCUT2D eigenvalue weighted by Crippen LogP contribution is 2.26. The minimum atomic E-state index is 0.499. The van der Waals surface area contributed by atoms with Crippen LogP contribution in [-0.2, 0) is 7.05 Å². The molecule has 7 heteroatoms. The molecule has 0 fully saturated rings. The molecule has 0 spiro atoms. The Kier molecular flexibility index (Phi) is 3.95. The predicted molar refractivity (Wildman–Crippen MR) is 101 cm³/mol. The zero-order chi connectivity index (χ0) is 17.2. The first-order valence-corrected chi connectivity index (χ1v) is 8.11. The molecule has 0 unspecified atom stereocenters. The number of fused-ring (bicyclic) bond motifs is 1. The van der Waals surface area contributed by atoms with Crippen LogP contribution in [0.25, 0.3) is 11.0 Å². The van der Waals surface area contributed by atoms with E-state index in [-0.39, 0.29) is 0 Å². The summed E-state index contributed by atoms with van der Waals surface area (Å²) in [5, 5.41) is 12.3. The fourth-order valence-electron chi connectivity index (χ4n) is 2.49. The molecule has 4 rings (SSSR count). The number of hydrogen-bond donors (Lipinski definition) is 2. The number of anilines is 4. The highest BCUT2D eigenvalue weighted by Gasteiger charge is 2.12. The first-order valence-electron chi connectivity index (χ1n) is 7.73. The van der Waals surface area contributed by atoms with Gasteiger partial charge in [-0.2, -0.15) is 15.1 Å². The first kappa shape index (κ1) is 15.4. The van der Waals surface area contributed by atoms with Crippen molar-refractivity contribution in [3.63, 3.8) is 0 Å². The van der Waals surface area contributed by atoms with E-state index in [9.17, 15) is 0 Å². The maximum Gasteiger partial charge on any atom is 0.231 e. The van der Waals surface area contributed by atoms with Crippen LogP contribution in [0.4, 0.5) is 23.1 Å². The predicted octanol–water partition coefficient (Wildman–Crippen LogP) is 4.50. The average Bonchev–Trinajstić information content (AvgIpc) is 2.99. The summed E-state index contributed by atoms with van der Waals surface area (Å²) in [6.45, 7) is 0. The van der Waals surface area contributed by atoms with E-state index in [1.807, 2.05) is 61.6 Å². The molecule has 2 aromatic heterocycles. The van der Waals surface area contributed by atoms with Crippen molar-refractivity contribution in [2.45, 2.75) is 0 Å². The molecule has 0 saturated carbocycles. The van der Waals surface area contributed by atoms with Crippen LogP contribution in [-0.4, -0.2) is 19.7 Å². The zero-order valence-electron chi connectivity index (χ0n) is 13.4. The number of nitrogens with one attached hydrogen (secondary N) is 2. The van der Waals surface area contributed by atoms with E-state index >= 15 is 0 Å². The van der Waals surface area contributed by atoms with Crippen molar-refractivity contribution in [2.24, 2.45) is 7.05 Å². The van der Waals surface area contributed by atoms with Gasteiger partial charge in [0.2, 0.25) is 5.95 Å². The van der Waals surface area contributed by atoms with E-state index in [1.54, 1.807) is 10.9 Å². The normalized spacial score (nSPS) is 10.8. The van der Waals surface area contributed by atoms with E-state index < -0.39 is 0 Å². The standard InChI is InChI=1S/C18H15ClN6/c1-25-17-15(11-20-25)16(21-14-9-7-12(19)8-10-14)23-18(24-17)22-13-5-3-2-4-6-13/h2-11H,1H3,(H2,21,22,23,24). The quantitative estimate of drug-likeness (QED) is 0.567. The molecule has 25 heavy (non-hydrogen) atoms. The molecule has 0 aliphatic rings. The molecular weight excluding hydrogens is 336 g/mol. The third-order valence-electron chi connectivity index (χ3n) is 3.73. The van der Waals surface area contributed by atoms with E-state index in [0.29, 0.717) is 16.8 Å².